The van der Waals surface area contributed by atoms with Crippen LogP contribution >= 0.6 is 0 Å². The quantitative estimate of drug-likeness (QED) is 0.549. The van der Waals surface area contributed by atoms with Gasteiger partial charge in [-0.15, -0.1) is 0 Å². The molecule has 1 aromatic heterocycles. The number of hydrogen-bond donors (Lipinski definition) is 2. The summed E-state index contributed by atoms with van der Waals surface area (Å²) in [7, 11) is 0. The summed E-state index contributed by atoms with van der Waals surface area (Å²) in [6.45, 7) is 3.45. The highest BCUT2D eigenvalue weighted by Gasteiger charge is 2.32. The van der Waals surface area contributed by atoms with Gasteiger partial charge in [-0.2, -0.15) is 0 Å². The number of rotatable bonds is 3. The zero-order chi connectivity index (χ0) is 22.1. The number of nitrogens with zero attached hydrogens (tertiary/aromatic N) is 5. The normalized spacial score (nSPS) is 12.8. The summed E-state index contributed by atoms with van der Waals surface area (Å²) in [5.41, 5.74) is -0.559. The molecule has 14 nitrogen and oxygen atoms in total. The largest absolute Gasteiger partial charge is 0.481 e. The van der Waals surface area contributed by atoms with Crippen molar-refractivity contribution in [2.24, 2.45) is 0 Å². The Morgan fingerprint density at radius 3 is 1.86 bits per heavy atom. The first-order valence-electron chi connectivity index (χ1n) is 8.28. The number of aromatic nitrogens is 2. The lowest BCUT2D eigenvalue weighted by atomic mass is 10.1. The van der Waals surface area contributed by atoms with Crippen LogP contribution in [-0.2, 0) is 9.59 Å². The summed E-state index contributed by atoms with van der Waals surface area (Å²) < 4.78 is 4.57. The Labute approximate surface area is 163 Å². The van der Waals surface area contributed by atoms with E-state index in [1.807, 2.05) is 4.90 Å². The SMILES string of the molecule is CC(=O)O.CC(=O)O.O=[N+]([O-])c1cc([N+](=O)[O-])c2nonc2c1N1CCCCC1. The van der Waals surface area contributed by atoms with E-state index >= 15 is 0 Å². The lowest BCUT2D eigenvalue weighted by Gasteiger charge is -2.28. The number of piperidine rings is 1. The minimum atomic E-state index is -0.833. The Morgan fingerprint density at radius 2 is 1.41 bits per heavy atom. The van der Waals surface area contributed by atoms with Crippen LogP contribution in [0.2, 0.25) is 0 Å². The van der Waals surface area contributed by atoms with Gasteiger partial charge >= 0.3 is 11.4 Å². The number of carboxylic acids is 2. The molecule has 0 radical (unpaired) electrons. The maximum atomic E-state index is 11.3. The van der Waals surface area contributed by atoms with E-state index in [1.54, 1.807) is 0 Å². The Hall–Kier alpha value is -3.84. The first-order chi connectivity index (χ1) is 13.6. The Balaban J connectivity index is 0.000000452. The van der Waals surface area contributed by atoms with Crippen LogP contribution < -0.4 is 4.90 Å². The summed E-state index contributed by atoms with van der Waals surface area (Å²) in [5.74, 6) is -1.67. The van der Waals surface area contributed by atoms with E-state index in [2.05, 4.69) is 14.9 Å². The van der Waals surface area contributed by atoms with E-state index in [9.17, 15) is 20.2 Å². The van der Waals surface area contributed by atoms with Crippen molar-refractivity contribution in [3.63, 3.8) is 0 Å². The van der Waals surface area contributed by atoms with E-state index in [-0.39, 0.29) is 22.4 Å². The van der Waals surface area contributed by atoms with E-state index in [0.717, 1.165) is 39.2 Å². The van der Waals surface area contributed by atoms with Crippen LogP contribution in [0.1, 0.15) is 33.1 Å². The summed E-state index contributed by atoms with van der Waals surface area (Å²) >= 11 is 0. The molecule has 1 aliphatic heterocycles. The topological polar surface area (TPSA) is 203 Å². The van der Waals surface area contributed by atoms with Crippen molar-refractivity contribution in [2.75, 3.05) is 18.0 Å². The van der Waals surface area contributed by atoms with Gasteiger partial charge in [0.15, 0.2) is 5.52 Å². The smallest absolute Gasteiger partial charge is 0.307 e. The Bertz CT molecular complexity index is 885. The zero-order valence-corrected chi connectivity index (χ0v) is 15.6. The molecule has 0 atom stereocenters. The van der Waals surface area contributed by atoms with Gasteiger partial charge in [-0.05, 0) is 29.6 Å². The second-order valence-electron chi connectivity index (χ2n) is 5.82. The molecule has 14 heteroatoms. The first kappa shape index (κ1) is 23.2. The molecule has 1 saturated heterocycles. The molecule has 2 N–H and O–H groups in total. The van der Waals surface area contributed by atoms with Gasteiger partial charge in [0, 0.05) is 26.9 Å². The molecule has 0 amide bonds. The number of anilines is 1. The fraction of sp³-hybridized carbons (Fsp3) is 0.467. The van der Waals surface area contributed by atoms with Crippen LogP contribution in [0.3, 0.4) is 0 Å². The molecule has 2 heterocycles. The van der Waals surface area contributed by atoms with Gasteiger partial charge in [-0.3, -0.25) is 29.8 Å². The van der Waals surface area contributed by atoms with Crippen LogP contribution in [-0.4, -0.2) is 55.4 Å². The molecule has 1 aromatic carbocycles. The van der Waals surface area contributed by atoms with E-state index < -0.39 is 27.5 Å². The molecule has 1 aliphatic rings. The van der Waals surface area contributed by atoms with Gasteiger partial charge in [0.25, 0.3) is 11.9 Å². The lowest BCUT2D eigenvalue weighted by Crippen LogP contribution is -2.30. The van der Waals surface area contributed by atoms with Gasteiger partial charge < -0.3 is 15.1 Å². The number of fused-ring (bicyclic) bond motifs is 1. The number of carboxylic acid groups (broad SMARTS) is 2. The maximum absolute atomic E-state index is 11.3. The molecule has 2 aromatic rings. The van der Waals surface area contributed by atoms with E-state index in [1.165, 1.54) is 0 Å². The fourth-order valence-electron chi connectivity index (χ4n) is 2.61. The van der Waals surface area contributed by atoms with Gasteiger partial charge in [-0.25, -0.2) is 4.63 Å². The summed E-state index contributed by atoms with van der Waals surface area (Å²) in [4.78, 5) is 40.8. The molecule has 0 aliphatic carbocycles. The van der Waals surface area contributed by atoms with Crippen molar-refractivity contribution in [3.05, 3.63) is 26.3 Å². The van der Waals surface area contributed by atoms with Crippen molar-refractivity contribution in [1.29, 1.82) is 0 Å². The van der Waals surface area contributed by atoms with Gasteiger partial charge in [0.1, 0.15) is 5.69 Å². The van der Waals surface area contributed by atoms with Crippen LogP contribution in [0.4, 0.5) is 17.1 Å². The monoisotopic (exact) mass is 413 g/mol. The summed E-state index contributed by atoms with van der Waals surface area (Å²) in [5, 5.41) is 44.3. The third kappa shape index (κ3) is 6.67. The lowest BCUT2D eigenvalue weighted by molar-refractivity contribution is -0.392. The summed E-state index contributed by atoms with van der Waals surface area (Å²) in [6.07, 6.45) is 2.86. The second kappa shape index (κ2) is 10.5. The third-order valence-electron chi connectivity index (χ3n) is 3.54. The minimum absolute atomic E-state index is 0.0637. The number of aliphatic carboxylic acids is 2. The fourth-order valence-corrected chi connectivity index (χ4v) is 2.61. The van der Waals surface area contributed by atoms with Crippen molar-refractivity contribution in [2.45, 2.75) is 33.1 Å². The first-order valence-corrected chi connectivity index (χ1v) is 8.28. The average Bonchev–Trinajstić information content (AvgIpc) is 3.09. The Morgan fingerprint density at radius 1 is 0.966 bits per heavy atom. The minimum Gasteiger partial charge on any atom is -0.481 e. The van der Waals surface area contributed by atoms with Crippen molar-refractivity contribution in [3.8, 4) is 0 Å². The molecule has 0 unspecified atom stereocenters. The predicted octanol–water partition coefficient (Wildman–Crippen LogP) is 2.21. The van der Waals surface area contributed by atoms with Crippen LogP contribution in [0.25, 0.3) is 11.0 Å². The number of nitro benzene ring substituents is 2. The van der Waals surface area contributed by atoms with Crippen LogP contribution in [0.15, 0.2) is 10.7 Å². The van der Waals surface area contributed by atoms with E-state index in [0.29, 0.717) is 13.1 Å². The van der Waals surface area contributed by atoms with Crippen molar-refractivity contribution in [1.82, 2.24) is 10.3 Å². The number of non-ortho nitro benzene ring substituents is 1. The number of benzene rings is 1. The summed E-state index contributed by atoms with van der Waals surface area (Å²) in [6, 6.07) is 0.927. The third-order valence-corrected chi connectivity index (χ3v) is 3.54. The highest BCUT2D eigenvalue weighted by atomic mass is 16.6. The molecule has 0 bridgehead atoms. The van der Waals surface area contributed by atoms with E-state index in [4.69, 9.17) is 19.8 Å². The molecule has 3 rings (SSSR count). The molecule has 0 saturated carbocycles. The zero-order valence-electron chi connectivity index (χ0n) is 15.6. The number of carbonyl (C=O) groups is 2. The predicted molar refractivity (Wildman–Crippen MR) is 97.8 cm³/mol. The van der Waals surface area contributed by atoms with Gasteiger partial charge in [-0.1, -0.05) is 0 Å². The highest BCUT2D eigenvalue weighted by molar-refractivity contribution is 5.99. The number of hydrogen-bond acceptors (Lipinski definition) is 10. The molecular weight excluding hydrogens is 394 g/mol. The average molecular weight is 413 g/mol. The van der Waals surface area contributed by atoms with Crippen molar-refractivity contribution >= 4 is 40.0 Å². The highest BCUT2D eigenvalue weighted by Crippen LogP contribution is 2.40. The molecule has 1 fully saturated rings. The van der Waals surface area contributed by atoms with Crippen molar-refractivity contribution < 1.29 is 34.3 Å². The maximum Gasteiger partial charge on any atom is 0.307 e. The molecule has 0 spiro atoms. The van der Waals surface area contributed by atoms with Crippen LogP contribution in [0, 0.1) is 20.2 Å². The number of nitro groups is 2. The Kier molecular flexibility index (Phi) is 8.39. The standard InChI is InChI=1S/C11H11N5O5.2C2H4O2/c17-15(18)7-6-8(16(19)20)11(10-9(7)12-21-13-10)14-4-2-1-3-5-14;2*1-2(3)4/h6H,1-5H2;2*1H3,(H,3,4). The second-order valence-corrected chi connectivity index (χ2v) is 5.82. The van der Waals surface area contributed by atoms with Gasteiger partial charge in [0.2, 0.25) is 5.52 Å². The van der Waals surface area contributed by atoms with Gasteiger partial charge in [0.05, 0.1) is 15.9 Å². The molecule has 158 valence electrons. The molecular formula is C15H19N5O9. The van der Waals surface area contributed by atoms with Crippen LogP contribution in [0.5, 0.6) is 0 Å². The molecule has 29 heavy (non-hydrogen) atoms.